The minimum Gasteiger partial charge on any atom is -0.490 e. The molecule has 0 bridgehead atoms. The zero-order valence-corrected chi connectivity index (χ0v) is 18.1. The molecule has 164 valence electrons. The number of halogens is 1. The number of carbonyl (C=O) groups excluding carboxylic acids is 1. The maximum Gasteiger partial charge on any atom is 0.346 e. The lowest BCUT2D eigenvalue weighted by Gasteiger charge is -2.24. The first-order chi connectivity index (χ1) is 15.5. The quantitative estimate of drug-likeness (QED) is 0.495. The van der Waals surface area contributed by atoms with Crippen LogP contribution in [0, 0.1) is 5.82 Å². The van der Waals surface area contributed by atoms with E-state index in [0.717, 1.165) is 29.0 Å². The third kappa shape index (κ3) is 3.88. The highest BCUT2D eigenvalue weighted by atomic mass is 32.1. The van der Waals surface area contributed by atoms with Crippen molar-refractivity contribution in [1.29, 1.82) is 0 Å². The molecule has 1 atom stereocenters. The van der Waals surface area contributed by atoms with Gasteiger partial charge in [-0.25, -0.2) is 9.18 Å². The standard InChI is InChI=1S/C25H22FNO4S/c26-16-9-5-15(6-10-16)21-22-23(32-24(21)25(29)30)19(13-20(28)27-22)14-7-11-18(12-8-14)31-17-3-1-2-4-17/h5-12,17,19H,1-4,13H2,(H,27,28)(H,29,30)/t19-/m0/s1. The summed E-state index contributed by atoms with van der Waals surface area (Å²) in [6.45, 7) is 0. The second-order valence-electron chi connectivity index (χ2n) is 8.26. The maximum absolute atomic E-state index is 13.4. The van der Waals surface area contributed by atoms with Gasteiger partial charge in [-0.1, -0.05) is 24.3 Å². The molecular weight excluding hydrogens is 429 g/mol. The number of carboxylic acid groups (broad SMARTS) is 1. The lowest BCUT2D eigenvalue weighted by molar-refractivity contribution is -0.116. The van der Waals surface area contributed by atoms with Gasteiger partial charge in [0.05, 0.1) is 11.8 Å². The molecule has 1 aromatic heterocycles. The van der Waals surface area contributed by atoms with Gasteiger partial charge in [-0.2, -0.15) is 0 Å². The highest BCUT2D eigenvalue weighted by molar-refractivity contribution is 7.15. The number of carboxylic acids is 1. The summed E-state index contributed by atoms with van der Waals surface area (Å²) in [6, 6.07) is 13.4. The van der Waals surface area contributed by atoms with E-state index in [9.17, 15) is 19.1 Å². The van der Waals surface area contributed by atoms with Gasteiger partial charge in [0, 0.05) is 22.8 Å². The maximum atomic E-state index is 13.4. The Labute approximate surface area is 188 Å². The van der Waals surface area contributed by atoms with Crippen LogP contribution in [0.5, 0.6) is 5.75 Å². The number of nitrogens with one attached hydrogen (secondary N) is 1. The largest absolute Gasteiger partial charge is 0.490 e. The molecule has 1 aliphatic carbocycles. The first kappa shape index (κ1) is 20.7. The molecule has 7 heteroatoms. The van der Waals surface area contributed by atoms with Crippen molar-refractivity contribution in [3.05, 3.63) is 69.7 Å². The van der Waals surface area contributed by atoms with Crippen molar-refractivity contribution in [2.45, 2.75) is 44.1 Å². The number of anilines is 1. The van der Waals surface area contributed by atoms with Crippen molar-refractivity contribution in [2.24, 2.45) is 0 Å². The Kier molecular flexibility index (Phi) is 5.43. The van der Waals surface area contributed by atoms with Gasteiger partial charge >= 0.3 is 5.97 Å². The fourth-order valence-electron chi connectivity index (χ4n) is 4.58. The number of rotatable bonds is 5. The summed E-state index contributed by atoms with van der Waals surface area (Å²) >= 11 is 1.17. The number of ether oxygens (including phenoxy) is 1. The number of hydrogen-bond acceptors (Lipinski definition) is 4. The predicted octanol–water partition coefficient (Wildman–Crippen LogP) is 6.05. The van der Waals surface area contributed by atoms with E-state index in [1.807, 2.05) is 24.3 Å². The van der Waals surface area contributed by atoms with Crippen LogP contribution in [0.3, 0.4) is 0 Å². The molecule has 1 aliphatic heterocycles. The van der Waals surface area contributed by atoms with Gasteiger partial charge in [-0.15, -0.1) is 11.3 Å². The lowest BCUT2D eigenvalue weighted by Crippen LogP contribution is -2.22. The van der Waals surface area contributed by atoms with Crippen molar-refractivity contribution in [1.82, 2.24) is 0 Å². The Hall–Kier alpha value is -3.19. The van der Waals surface area contributed by atoms with Crippen LogP contribution in [0.1, 0.15) is 58.1 Å². The van der Waals surface area contributed by atoms with Crippen LogP contribution >= 0.6 is 11.3 Å². The predicted molar refractivity (Wildman–Crippen MR) is 121 cm³/mol. The minimum absolute atomic E-state index is 0.134. The van der Waals surface area contributed by atoms with E-state index in [1.54, 1.807) is 0 Å². The van der Waals surface area contributed by atoms with Crippen LogP contribution in [0.2, 0.25) is 0 Å². The lowest BCUT2D eigenvalue weighted by atomic mass is 9.88. The highest BCUT2D eigenvalue weighted by Crippen LogP contribution is 2.49. The molecule has 1 fully saturated rings. The highest BCUT2D eigenvalue weighted by Gasteiger charge is 2.34. The molecule has 5 nitrogen and oxygen atoms in total. The Morgan fingerprint density at radius 1 is 1.06 bits per heavy atom. The first-order valence-electron chi connectivity index (χ1n) is 10.7. The Morgan fingerprint density at radius 3 is 2.41 bits per heavy atom. The van der Waals surface area contributed by atoms with Crippen LogP contribution in [-0.2, 0) is 4.79 Å². The molecule has 0 radical (unpaired) electrons. The summed E-state index contributed by atoms with van der Waals surface area (Å²) in [5, 5.41) is 12.7. The molecule has 2 aromatic carbocycles. The van der Waals surface area contributed by atoms with Crippen molar-refractivity contribution in [2.75, 3.05) is 5.32 Å². The zero-order valence-electron chi connectivity index (χ0n) is 17.3. The van der Waals surface area contributed by atoms with Gasteiger partial charge in [0.1, 0.15) is 16.4 Å². The van der Waals surface area contributed by atoms with Crippen LogP contribution in [0.25, 0.3) is 11.1 Å². The molecule has 5 rings (SSSR count). The van der Waals surface area contributed by atoms with Gasteiger partial charge < -0.3 is 15.2 Å². The van der Waals surface area contributed by atoms with E-state index in [4.69, 9.17) is 4.74 Å². The van der Waals surface area contributed by atoms with E-state index in [-0.39, 0.29) is 29.2 Å². The molecule has 0 saturated heterocycles. The normalized spacial score (nSPS) is 18.3. The van der Waals surface area contributed by atoms with Crippen LogP contribution in [0.4, 0.5) is 10.1 Å². The Morgan fingerprint density at radius 2 is 1.75 bits per heavy atom. The number of carbonyl (C=O) groups is 2. The second kappa shape index (κ2) is 8.39. The number of amides is 1. The third-order valence-corrected chi connectivity index (χ3v) is 7.41. The van der Waals surface area contributed by atoms with Crippen molar-refractivity contribution < 1.29 is 23.8 Å². The third-order valence-electron chi connectivity index (χ3n) is 6.12. The molecule has 3 aromatic rings. The zero-order chi connectivity index (χ0) is 22.2. The average Bonchev–Trinajstić information content (AvgIpc) is 3.42. The molecule has 2 N–H and O–H groups in total. The van der Waals surface area contributed by atoms with E-state index in [2.05, 4.69) is 5.32 Å². The molecule has 2 aliphatic rings. The molecular formula is C25H22FNO4S. The average molecular weight is 452 g/mol. The van der Waals surface area contributed by atoms with E-state index in [0.29, 0.717) is 16.8 Å². The number of thiophene rings is 1. The molecule has 0 unspecified atom stereocenters. The summed E-state index contributed by atoms with van der Waals surface area (Å²) in [6.07, 6.45) is 5.05. The number of aromatic carboxylic acids is 1. The topological polar surface area (TPSA) is 75.6 Å². The summed E-state index contributed by atoms with van der Waals surface area (Å²) in [5.41, 5.74) is 2.43. The van der Waals surface area contributed by atoms with E-state index in [1.165, 1.54) is 48.4 Å². The fraction of sp³-hybridized carbons (Fsp3) is 0.280. The number of hydrogen-bond donors (Lipinski definition) is 2. The summed E-state index contributed by atoms with van der Waals surface area (Å²) in [5.74, 6) is -1.09. The van der Waals surface area contributed by atoms with Gasteiger partial charge in [-0.3, -0.25) is 4.79 Å². The minimum atomic E-state index is -1.07. The molecule has 32 heavy (non-hydrogen) atoms. The van der Waals surface area contributed by atoms with Crippen LogP contribution in [0.15, 0.2) is 48.5 Å². The SMILES string of the molecule is O=C1C[C@@H](c2ccc(OC3CCCC3)cc2)c2sc(C(=O)O)c(-c3ccc(F)cc3)c2N1. The molecule has 1 amide bonds. The second-order valence-corrected chi connectivity index (χ2v) is 9.31. The summed E-state index contributed by atoms with van der Waals surface area (Å²) in [7, 11) is 0. The van der Waals surface area contributed by atoms with Crippen molar-refractivity contribution in [3.63, 3.8) is 0 Å². The molecule has 2 heterocycles. The van der Waals surface area contributed by atoms with E-state index < -0.39 is 11.8 Å². The van der Waals surface area contributed by atoms with Gasteiger partial charge in [-0.05, 0) is 61.1 Å². The smallest absolute Gasteiger partial charge is 0.346 e. The van der Waals surface area contributed by atoms with Gasteiger partial charge in [0.25, 0.3) is 0 Å². The molecule has 1 saturated carbocycles. The summed E-state index contributed by atoms with van der Waals surface area (Å²) < 4.78 is 19.5. The van der Waals surface area contributed by atoms with Crippen LogP contribution < -0.4 is 10.1 Å². The van der Waals surface area contributed by atoms with Gasteiger partial charge in [0.15, 0.2) is 0 Å². The molecule has 0 spiro atoms. The van der Waals surface area contributed by atoms with Crippen molar-refractivity contribution >= 4 is 28.9 Å². The number of fused-ring (bicyclic) bond motifs is 1. The summed E-state index contributed by atoms with van der Waals surface area (Å²) in [4.78, 5) is 25.5. The Balaban J connectivity index is 1.53. The van der Waals surface area contributed by atoms with Crippen molar-refractivity contribution in [3.8, 4) is 16.9 Å². The Bertz CT molecular complexity index is 1160. The first-order valence-corrected chi connectivity index (χ1v) is 11.5. The fourth-order valence-corrected chi connectivity index (χ4v) is 5.82. The van der Waals surface area contributed by atoms with Gasteiger partial charge in [0.2, 0.25) is 5.91 Å². The monoisotopic (exact) mass is 451 g/mol. The number of benzene rings is 2. The van der Waals surface area contributed by atoms with Crippen LogP contribution in [-0.4, -0.2) is 23.1 Å². The van der Waals surface area contributed by atoms with E-state index >= 15 is 0 Å².